The molecule has 0 heterocycles. The summed E-state index contributed by atoms with van der Waals surface area (Å²) in [6.07, 6.45) is 2.80. The summed E-state index contributed by atoms with van der Waals surface area (Å²) >= 11 is 6.02. The molecule has 0 saturated heterocycles. The molecular weight excluding hydrogens is 220 g/mol. The summed E-state index contributed by atoms with van der Waals surface area (Å²) in [6, 6.07) is 5.94. The second-order valence-electron chi connectivity index (χ2n) is 4.63. The van der Waals surface area contributed by atoms with Crippen molar-refractivity contribution < 1.29 is 0 Å². The van der Waals surface area contributed by atoms with Gasteiger partial charge in [-0.15, -0.1) is 0 Å². The molecule has 2 N–H and O–H groups in total. The standard InChI is InChI=1S/C13H19ClN2/c1-2-16(8-10-3-4-10)9-11-5-6-13(15)12(14)7-11/h5-7,10H,2-4,8-9,15H2,1H3. The van der Waals surface area contributed by atoms with Crippen molar-refractivity contribution in [1.82, 2.24) is 4.90 Å². The van der Waals surface area contributed by atoms with E-state index in [4.69, 9.17) is 17.3 Å². The third kappa shape index (κ3) is 3.13. The van der Waals surface area contributed by atoms with Gasteiger partial charge in [-0.3, -0.25) is 4.90 Å². The molecule has 3 heteroatoms. The van der Waals surface area contributed by atoms with Gasteiger partial charge in [0, 0.05) is 13.1 Å². The average Bonchev–Trinajstić information content (AvgIpc) is 3.06. The van der Waals surface area contributed by atoms with E-state index in [1.807, 2.05) is 12.1 Å². The number of nitrogens with zero attached hydrogens (tertiary/aromatic N) is 1. The molecule has 1 saturated carbocycles. The first kappa shape index (κ1) is 11.7. The quantitative estimate of drug-likeness (QED) is 0.799. The lowest BCUT2D eigenvalue weighted by Gasteiger charge is -2.20. The highest BCUT2D eigenvalue weighted by Crippen LogP contribution is 2.30. The molecular formula is C13H19ClN2. The van der Waals surface area contributed by atoms with Crippen LogP contribution in [0.2, 0.25) is 5.02 Å². The van der Waals surface area contributed by atoms with Gasteiger partial charge < -0.3 is 5.73 Å². The first-order chi connectivity index (χ1) is 7.69. The minimum absolute atomic E-state index is 0.663. The van der Waals surface area contributed by atoms with Gasteiger partial charge in [0.15, 0.2) is 0 Å². The van der Waals surface area contributed by atoms with Crippen molar-refractivity contribution in [2.24, 2.45) is 5.92 Å². The van der Waals surface area contributed by atoms with Gasteiger partial charge in [-0.05, 0) is 43.0 Å². The predicted octanol–water partition coefficient (Wildman–Crippen LogP) is 3.15. The topological polar surface area (TPSA) is 29.3 Å². The van der Waals surface area contributed by atoms with Crippen LogP contribution in [0.4, 0.5) is 5.69 Å². The Kier molecular flexibility index (Phi) is 3.72. The van der Waals surface area contributed by atoms with E-state index in [-0.39, 0.29) is 0 Å². The number of benzene rings is 1. The molecule has 0 amide bonds. The zero-order valence-corrected chi connectivity index (χ0v) is 10.5. The Labute approximate surface area is 102 Å². The summed E-state index contributed by atoms with van der Waals surface area (Å²) in [6.45, 7) is 5.51. The molecule has 0 bridgehead atoms. The molecule has 0 atom stereocenters. The van der Waals surface area contributed by atoms with Crippen LogP contribution < -0.4 is 5.73 Å². The van der Waals surface area contributed by atoms with E-state index in [2.05, 4.69) is 17.9 Å². The van der Waals surface area contributed by atoms with Crippen LogP contribution in [-0.4, -0.2) is 18.0 Å². The normalized spacial score (nSPS) is 15.7. The van der Waals surface area contributed by atoms with Crippen molar-refractivity contribution in [3.05, 3.63) is 28.8 Å². The molecule has 1 fully saturated rings. The highest BCUT2D eigenvalue weighted by molar-refractivity contribution is 6.33. The first-order valence-electron chi connectivity index (χ1n) is 5.95. The Morgan fingerprint density at radius 2 is 2.19 bits per heavy atom. The van der Waals surface area contributed by atoms with Gasteiger partial charge >= 0.3 is 0 Å². The molecule has 0 aromatic heterocycles. The van der Waals surface area contributed by atoms with Gasteiger partial charge in [-0.2, -0.15) is 0 Å². The number of hydrogen-bond acceptors (Lipinski definition) is 2. The summed E-state index contributed by atoms with van der Waals surface area (Å²) in [7, 11) is 0. The van der Waals surface area contributed by atoms with Crippen molar-refractivity contribution in [1.29, 1.82) is 0 Å². The smallest absolute Gasteiger partial charge is 0.0638 e. The van der Waals surface area contributed by atoms with Gasteiger partial charge in [0.25, 0.3) is 0 Å². The molecule has 0 aliphatic heterocycles. The lowest BCUT2D eigenvalue weighted by Crippen LogP contribution is -2.25. The molecule has 2 rings (SSSR count). The fraction of sp³-hybridized carbons (Fsp3) is 0.538. The Morgan fingerprint density at radius 3 is 2.75 bits per heavy atom. The highest BCUT2D eigenvalue weighted by atomic mass is 35.5. The van der Waals surface area contributed by atoms with Crippen molar-refractivity contribution in [3.8, 4) is 0 Å². The van der Waals surface area contributed by atoms with Gasteiger partial charge in [0.2, 0.25) is 0 Å². The summed E-state index contributed by atoms with van der Waals surface area (Å²) in [5.74, 6) is 0.934. The molecule has 1 aromatic rings. The molecule has 16 heavy (non-hydrogen) atoms. The second-order valence-corrected chi connectivity index (χ2v) is 5.03. The minimum atomic E-state index is 0.663. The summed E-state index contributed by atoms with van der Waals surface area (Å²) in [5, 5.41) is 0.667. The second kappa shape index (κ2) is 5.07. The molecule has 2 nitrogen and oxygen atoms in total. The zero-order valence-electron chi connectivity index (χ0n) is 9.75. The molecule has 0 radical (unpaired) electrons. The Morgan fingerprint density at radius 1 is 1.44 bits per heavy atom. The van der Waals surface area contributed by atoms with Gasteiger partial charge in [-0.1, -0.05) is 24.6 Å². The van der Waals surface area contributed by atoms with Crippen molar-refractivity contribution in [2.75, 3.05) is 18.8 Å². The highest BCUT2D eigenvalue weighted by Gasteiger charge is 2.23. The van der Waals surface area contributed by atoms with Crippen LogP contribution in [0.3, 0.4) is 0 Å². The van der Waals surface area contributed by atoms with E-state index in [1.165, 1.54) is 24.9 Å². The van der Waals surface area contributed by atoms with Gasteiger partial charge in [0.05, 0.1) is 10.7 Å². The molecule has 1 aliphatic rings. The number of halogens is 1. The molecule has 0 spiro atoms. The molecule has 88 valence electrons. The average molecular weight is 239 g/mol. The third-order valence-electron chi connectivity index (χ3n) is 3.13. The largest absolute Gasteiger partial charge is 0.398 e. The lowest BCUT2D eigenvalue weighted by atomic mass is 10.2. The van der Waals surface area contributed by atoms with Crippen molar-refractivity contribution in [3.63, 3.8) is 0 Å². The maximum atomic E-state index is 6.02. The molecule has 1 aromatic carbocycles. The van der Waals surface area contributed by atoms with Gasteiger partial charge in [-0.25, -0.2) is 0 Å². The van der Waals surface area contributed by atoms with Gasteiger partial charge in [0.1, 0.15) is 0 Å². The Balaban J connectivity index is 1.97. The third-order valence-corrected chi connectivity index (χ3v) is 3.46. The van der Waals surface area contributed by atoms with Crippen molar-refractivity contribution in [2.45, 2.75) is 26.3 Å². The van der Waals surface area contributed by atoms with Crippen molar-refractivity contribution >= 4 is 17.3 Å². The summed E-state index contributed by atoms with van der Waals surface area (Å²) in [4.78, 5) is 2.47. The van der Waals surface area contributed by atoms with E-state index in [1.54, 1.807) is 0 Å². The van der Waals surface area contributed by atoms with Crippen LogP contribution >= 0.6 is 11.6 Å². The number of nitrogens with two attached hydrogens (primary N) is 1. The Bertz CT molecular complexity index is 361. The SMILES string of the molecule is CCN(Cc1ccc(N)c(Cl)c1)CC1CC1. The van der Waals surface area contributed by atoms with Crippen LogP contribution in [0.5, 0.6) is 0 Å². The fourth-order valence-electron chi connectivity index (χ4n) is 1.90. The number of anilines is 1. The summed E-state index contributed by atoms with van der Waals surface area (Å²) in [5.41, 5.74) is 7.61. The number of nitrogen functional groups attached to an aromatic ring is 1. The van der Waals surface area contributed by atoms with Crippen LogP contribution in [0.25, 0.3) is 0 Å². The number of rotatable bonds is 5. The van der Waals surface area contributed by atoms with E-state index in [9.17, 15) is 0 Å². The zero-order chi connectivity index (χ0) is 11.5. The fourth-order valence-corrected chi connectivity index (χ4v) is 2.10. The van der Waals surface area contributed by atoms with Crippen LogP contribution in [0, 0.1) is 5.92 Å². The van der Waals surface area contributed by atoms with Crippen LogP contribution in [-0.2, 0) is 6.54 Å². The lowest BCUT2D eigenvalue weighted by molar-refractivity contribution is 0.268. The maximum absolute atomic E-state index is 6.02. The van der Waals surface area contributed by atoms with E-state index in [0.29, 0.717) is 10.7 Å². The van der Waals surface area contributed by atoms with E-state index in [0.717, 1.165) is 19.0 Å². The minimum Gasteiger partial charge on any atom is -0.398 e. The van der Waals surface area contributed by atoms with Crippen LogP contribution in [0.1, 0.15) is 25.3 Å². The monoisotopic (exact) mass is 238 g/mol. The Hall–Kier alpha value is -0.730. The number of hydrogen-bond donors (Lipinski definition) is 1. The first-order valence-corrected chi connectivity index (χ1v) is 6.33. The summed E-state index contributed by atoms with van der Waals surface area (Å²) < 4.78 is 0. The maximum Gasteiger partial charge on any atom is 0.0638 e. The van der Waals surface area contributed by atoms with E-state index >= 15 is 0 Å². The van der Waals surface area contributed by atoms with E-state index < -0.39 is 0 Å². The van der Waals surface area contributed by atoms with Crippen LogP contribution in [0.15, 0.2) is 18.2 Å². The molecule has 0 unspecified atom stereocenters. The predicted molar refractivity (Wildman–Crippen MR) is 69.5 cm³/mol. The molecule has 1 aliphatic carbocycles.